The van der Waals surface area contributed by atoms with Crippen LogP contribution in [0.4, 0.5) is 5.69 Å². The van der Waals surface area contributed by atoms with Crippen molar-refractivity contribution in [3.63, 3.8) is 0 Å². The van der Waals surface area contributed by atoms with E-state index in [4.69, 9.17) is 0 Å². The number of rotatable bonds is 3. The average Bonchev–Trinajstić information content (AvgIpc) is 3.09. The van der Waals surface area contributed by atoms with Crippen molar-refractivity contribution < 1.29 is 4.79 Å². The van der Waals surface area contributed by atoms with Crippen LogP contribution in [0.2, 0.25) is 0 Å². The van der Waals surface area contributed by atoms with E-state index in [1.54, 1.807) is 4.68 Å². The van der Waals surface area contributed by atoms with Gasteiger partial charge in [-0.3, -0.25) is 4.79 Å². The predicted molar refractivity (Wildman–Crippen MR) is 85.4 cm³/mol. The predicted octanol–water partition coefficient (Wildman–Crippen LogP) is 1.33. The van der Waals surface area contributed by atoms with Crippen LogP contribution in [0.1, 0.15) is 19.2 Å². The summed E-state index contributed by atoms with van der Waals surface area (Å²) in [6.45, 7) is 5.41. The molecule has 3 rings (SSSR count). The Labute approximate surface area is 134 Å². The number of aromatic nitrogens is 4. The van der Waals surface area contributed by atoms with Crippen LogP contribution in [0, 0.1) is 12.3 Å². The molecule has 1 unspecified atom stereocenters. The number of carbonyl (C=O) groups is 1. The molecule has 1 aliphatic rings. The van der Waals surface area contributed by atoms with Gasteiger partial charge in [-0.05, 0) is 55.4 Å². The highest BCUT2D eigenvalue weighted by Gasteiger charge is 2.36. The van der Waals surface area contributed by atoms with E-state index in [-0.39, 0.29) is 23.7 Å². The number of amides is 1. The van der Waals surface area contributed by atoms with Crippen LogP contribution >= 0.6 is 12.4 Å². The summed E-state index contributed by atoms with van der Waals surface area (Å²) in [4.78, 5) is 12.4. The van der Waals surface area contributed by atoms with Gasteiger partial charge >= 0.3 is 0 Å². The average molecular weight is 323 g/mol. The van der Waals surface area contributed by atoms with Crippen LogP contribution in [0.15, 0.2) is 24.3 Å². The maximum Gasteiger partial charge on any atom is 0.231 e. The van der Waals surface area contributed by atoms with Crippen molar-refractivity contribution in [1.29, 1.82) is 0 Å². The summed E-state index contributed by atoms with van der Waals surface area (Å²) in [5.74, 6) is 0.739. The molecule has 1 fully saturated rings. The van der Waals surface area contributed by atoms with E-state index in [0.29, 0.717) is 12.4 Å². The minimum absolute atomic E-state index is 0. The third-order valence-corrected chi connectivity index (χ3v) is 3.89. The van der Waals surface area contributed by atoms with Crippen molar-refractivity contribution in [1.82, 2.24) is 25.5 Å². The van der Waals surface area contributed by atoms with E-state index < -0.39 is 0 Å². The number of halogens is 1. The van der Waals surface area contributed by atoms with Crippen molar-refractivity contribution >= 4 is 24.0 Å². The minimum atomic E-state index is -0.346. The molecule has 1 saturated heterocycles. The second kappa shape index (κ2) is 6.41. The highest BCUT2D eigenvalue weighted by atomic mass is 35.5. The fraction of sp³-hybridized carbons (Fsp3) is 0.429. The lowest BCUT2D eigenvalue weighted by Gasteiger charge is -2.21. The van der Waals surface area contributed by atoms with Gasteiger partial charge in [0, 0.05) is 12.2 Å². The molecule has 0 spiro atoms. The quantitative estimate of drug-likeness (QED) is 0.890. The van der Waals surface area contributed by atoms with Gasteiger partial charge in [-0.25, -0.2) is 0 Å². The third-order valence-electron chi connectivity index (χ3n) is 3.89. The topological polar surface area (TPSA) is 84.7 Å². The largest absolute Gasteiger partial charge is 0.326 e. The number of benzene rings is 1. The minimum Gasteiger partial charge on any atom is -0.326 e. The number of hydrogen-bond acceptors (Lipinski definition) is 5. The first-order valence-corrected chi connectivity index (χ1v) is 6.96. The molecule has 1 aromatic heterocycles. The molecule has 1 aliphatic heterocycles. The normalized spacial score (nSPS) is 20.5. The van der Waals surface area contributed by atoms with Crippen molar-refractivity contribution in [2.24, 2.45) is 5.41 Å². The van der Waals surface area contributed by atoms with Gasteiger partial charge in [0.1, 0.15) is 0 Å². The first-order valence-electron chi connectivity index (χ1n) is 6.96. The zero-order valence-electron chi connectivity index (χ0n) is 12.5. The summed E-state index contributed by atoms with van der Waals surface area (Å²) in [6, 6.07) is 7.51. The second-order valence-electron chi connectivity index (χ2n) is 5.63. The fourth-order valence-electron chi connectivity index (χ4n) is 2.48. The van der Waals surface area contributed by atoms with E-state index in [2.05, 4.69) is 26.2 Å². The van der Waals surface area contributed by atoms with Gasteiger partial charge in [-0.2, -0.15) is 4.68 Å². The Kier molecular flexibility index (Phi) is 4.77. The highest BCUT2D eigenvalue weighted by molar-refractivity contribution is 5.95. The van der Waals surface area contributed by atoms with Gasteiger partial charge in [0.05, 0.1) is 11.1 Å². The summed E-state index contributed by atoms with van der Waals surface area (Å²) in [6.07, 6.45) is 0.852. The fourth-order valence-corrected chi connectivity index (χ4v) is 2.48. The van der Waals surface area contributed by atoms with Crippen LogP contribution in [0.25, 0.3) is 5.69 Å². The molecule has 2 aromatic rings. The monoisotopic (exact) mass is 322 g/mol. The van der Waals surface area contributed by atoms with Crippen molar-refractivity contribution in [3.05, 3.63) is 30.1 Å². The molecule has 0 radical (unpaired) electrons. The van der Waals surface area contributed by atoms with Gasteiger partial charge in [-0.15, -0.1) is 17.5 Å². The van der Waals surface area contributed by atoms with Crippen LogP contribution in [0.3, 0.4) is 0 Å². The lowest BCUT2D eigenvalue weighted by Crippen LogP contribution is -2.35. The third kappa shape index (κ3) is 3.10. The zero-order valence-corrected chi connectivity index (χ0v) is 13.4. The summed E-state index contributed by atoms with van der Waals surface area (Å²) in [5.41, 5.74) is 1.23. The first kappa shape index (κ1) is 16.4. The Morgan fingerprint density at radius 1 is 1.45 bits per heavy atom. The maximum absolute atomic E-state index is 12.4. The Hall–Kier alpha value is -1.99. The van der Waals surface area contributed by atoms with Crippen molar-refractivity contribution in [2.75, 3.05) is 18.4 Å². The molecule has 0 aliphatic carbocycles. The van der Waals surface area contributed by atoms with Gasteiger partial charge in [0.25, 0.3) is 0 Å². The number of hydrogen-bond donors (Lipinski definition) is 2. The van der Waals surface area contributed by atoms with E-state index in [1.807, 2.05) is 38.1 Å². The van der Waals surface area contributed by atoms with Gasteiger partial charge in [0.2, 0.25) is 5.91 Å². The van der Waals surface area contributed by atoms with Gasteiger partial charge < -0.3 is 10.6 Å². The Morgan fingerprint density at radius 3 is 2.91 bits per heavy atom. The zero-order chi connectivity index (χ0) is 14.9. The number of aryl methyl sites for hydroxylation is 1. The summed E-state index contributed by atoms with van der Waals surface area (Å²) in [5, 5.41) is 17.6. The Morgan fingerprint density at radius 2 is 2.27 bits per heavy atom. The smallest absolute Gasteiger partial charge is 0.231 e. The van der Waals surface area contributed by atoms with E-state index >= 15 is 0 Å². The standard InChI is InChI=1S/C14H18N6O.ClH/c1-10-17-18-19-20(10)12-5-3-4-11(8-12)16-13(21)14(2)6-7-15-9-14;/h3-5,8,15H,6-7,9H2,1-2H3,(H,16,21);1H. The second-order valence-corrected chi connectivity index (χ2v) is 5.63. The summed E-state index contributed by atoms with van der Waals surface area (Å²) in [7, 11) is 0. The van der Waals surface area contributed by atoms with Crippen LogP contribution in [-0.4, -0.2) is 39.2 Å². The molecule has 1 atom stereocenters. The molecule has 0 saturated carbocycles. The summed E-state index contributed by atoms with van der Waals surface area (Å²) < 4.78 is 1.63. The molecule has 0 bridgehead atoms. The number of anilines is 1. The molecule has 2 N–H and O–H groups in total. The summed E-state index contributed by atoms with van der Waals surface area (Å²) >= 11 is 0. The Bertz CT molecular complexity index is 665. The number of nitrogens with one attached hydrogen (secondary N) is 2. The molecule has 7 nitrogen and oxygen atoms in total. The van der Waals surface area contributed by atoms with E-state index in [0.717, 1.165) is 24.3 Å². The molecule has 8 heteroatoms. The lowest BCUT2D eigenvalue weighted by atomic mass is 9.89. The van der Waals surface area contributed by atoms with Crippen LogP contribution < -0.4 is 10.6 Å². The molecular weight excluding hydrogens is 304 g/mol. The molecule has 2 heterocycles. The van der Waals surface area contributed by atoms with Gasteiger partial charge in [-0.1, -0.05) is 6.07 Å². The maximum atomic E-state index is 12.4. The first-order chi connectivity index (χ1) is 10.1. The number of carbonyl (C=O) groups excluding carboxylic acids is 1. The van der Waals surface area contributed by atoms with Crippen molar-refractivity contribution in [2.45, 2.75) is 20.3 Å². The highest BCUT2D eigenvalue weighted by Crippen LogP contribution is 2.26. The number of tetrazole rings is 1. The molecule has 1 aromatic carbocycles. The van der Waals surface area contributed by atoms with Crippen LogP contribution in [-0.2, 0) is 4.79 Å². The lowest BCUT2D eigenvalue weighted by molar-refractivity contribution is -0.123. The van der Waals surface area contributed by atoms with Gasteiger partial charge in [0.15, 0.2) is 5.82 Å². The SMILES string of the molecule is Cc1nnnn1-c1cccc(NC(=O)C2(C)CCNC2)c1.Cl. The molecule has 1 amide bonds. The Balaban J connectivity index is 0.00000176. The van der Waals surface area contributed by atoms with E-state index in [1.165, 1.54) is 0 Å². The molecule has 22 heavy (non-hydrogen) atoms. The van der Waals surface area contributed by atoms with Crippen molar-refractivity contribution in [3.8, 4) is 5.69 Å². The number of nitrogens with zero attached hydrogens (tertiary/aromatic N) is 4. The molecule has 118 valence electrons. The van der Waals surface area contributed by atoms with E-state index in [9.17, 15) is 4.79 Å². The van der Waals surface area contributed by atoms with Crippen LogP contribution in [0.5, 0.6) is 0 Å². The molecular formula is C14H19ClN6O.